The van der Waals surface area contributed by atoms with Crippen LogP contribution in [0.1, 0.15) is 20.3 Å². The van der Waals surface area contributed by atoms with Gasteiger partial charge in [-0.2, -0.15) is 0 Å². The molecule has 0 radical (unpaired) electrons. The van der Waals surface area contributed by atoms with Gasteiger partial charge in [0.25, 0.3) is 5.22 Å². The molecule has 2 rings (SSSR count). The summed E-state index contributed by atoms with van der Waals surface area (Å²) in [6, 6.07) is 7.40. The Kier molecular flexibility index (Phi) is 6.07. The third-order valence-corrected chi connectivity index (χ3v) is 3.79. The molecule has 0 saturated carbocycles. The van der Waals surface area contributed by atoms with Crippen LogP contribution >= 0.6 is 11.8 Å². The Labute approximate surface area is 128 Å². The smallest absolute Gasteiger partial charge is 0.323 e. The highest BCUT2D eigenvalue weighted by Crippen LogP contribution is 2.23. The van der Waals surface area contributed by atoms with Crippen LogP contribution in [0.15, 0.2) is 33.9 Å². The van der Waals surface area contributed by atoms with Crippen molar-refractivity contribution >= 4 is 28.8 Å². The molecule has 5 nitrogen and oxygen atoms in total. The number of para-hydroxylation sites is 2. The van der Waals surface area contributed by atoms with Crippen LogP contribution in [0.25, 0.3) is 11.1 Å². The number of hydrogen-bond acceptors (Lipinski definition) is 6. The van der Waals surface area contributed by atoms with Crippen molar-refractivity contribution in [3.05, 3.63) is 24.3 Å². The summed E-state index contributed by atoms with van der Waals surface area (Å²) in [4.78, 5) is 16.2. The van der Waals surface area contributed by atoms with Crippen molar-refractivity contribution in [2.75, 3.05) is 18.9 Å². The minimum Gasteiger partial charge on any atom is -0.465 e. The number of ether oxygens (including phenoxy) is 1. The molecule has 0 aliphatic carbocycles. The monoisotopic (exact) mass is 308 g/mol. The second kappa shape index (κ2) is 8.05. The first-order valence-corrected chi connectivity index (χ1v) is 8.11. The minimum absolute atomic E-state index is 0.197. The summed E-state index contributed by atoms with van der Waals surface area (Å²) >= 11 is 1.51. The topological polar surface area (TPSA) is 64.4 Å². The van der Waals surface area contributed by atoms with E-state index in [4.69, 9.17) is 9.15 Å². The standard InChI is InChI=1S/C15H20N2O3S/c1-3-16-12(14(18)19-4-2)9-10-21-15-17-11-7-5-6-8-13(11)20-15/h5-8,12,16H,3-4,9-10H2,1-2H3. The Morgan fingerprint density at radius 1 is 1.43 bits per heavy atom. The number of thioether (sulfide) groups is 1. The first-order chi connectivity index (χ1) is 10.2. The molecule has 21 heavy (non-hydrogen) atoms. The number of nitrogens with one attached hydrogen (secondary N) is 1. The van der Waals surface area contributed by atoms with Gasteiger partial charge in [0.05, 0.1) is 6.61 Å². The first kappa shape index (κ1) is 15.9. The van der Waals surface area contributed by atoms with E-state index in [0.717, 1.165) is 23.4 Å². The van der Waals surface area contributed by atoms with E-state index in [9.17, 15) is 4.79 Å². The van der Waals surface area contributed by atoms with Crippen molar-refractivity contribution < 1.29 is 13.9 Å². The van der Waals surface area contributed by atoms with Crippen LogP contribution in [-0.2, 0) is 9.53 Å². The van der Waals surface area contributed by atoms with Crippen molar-refractivity contribution in [3.8, 4) is 0 Å². The maximum absolute atomic E-state index is 11.8. The molecule has 6 heteroatoms. The van der Waals surface area contributed by atoms with Crippen molar-refractivity contribution in [1.82, 2.24) is 10.3 Å². The molecule has 2 aromatic rings. The molecule has 1 heterocycles. The third kappa shape index (κ3) is 4.47. The predicted octanol–water partition coefficient (Wildman–Crippen LogP) is 2.85. The highest BCUT2D eigenvalue weighted by atomic mass is 32.2. The number of aromatic nitrogens is 1. The fourth-order valence-electron chi connectivity index (χ4n) is 1.97. The second-order valence-electron chi connectivity index (χ2n) is 4.45. The van der Waals surface area contributed by atoms with Gasteiger partial charge in [0.2, 0.25) is 0 Å². The van der Waals surface area contributed by atoms with Gasteiger partial charge in [-0.15, -0.1) is 0 Å². The van der Waals surface area contributed by atoms with E-state index in [2.05, 4.69) is 10.3 Å². The summed E-state index contributed by atoms with van der Waals surface area (Å²) in [5.41, 5.74) is 1.64. The van der Waals surface area contributed by atoms with Gasteiger partial charge in [-0.1, -0.05) is 30.8 Å². The van der Waals surface area contributed by atoms with Crippen LogP contribution in [0.3, 0.4) is 0 Å². The Balaban J connectivity index is 1.87. The molecule has 114 valence electrons. The summed E-state index contributed by atoms with van der Waals surface area (Å²) in [7, 11) is 0. The number of carbonyl (C=O) groups excluding carboxylic acids is 1. The molecule has 0 saturated heterocycles. The Morgan fingerprint density at radius 3 is 2.95 bits per heavy atom. The van der Waals surface area contributed by atoms with Crippen LogP contribution in [0.2, 0.25) is 0 Å². The van der Waals surface area contributed by atoms with E-state index >= 15 is 0 Å². The average molecular weight is 308 g/mol. The van der Waals surface area contributed by atoms with Crippen LogP contribution in [-0.4, -0.2) is 35.9 Å². The predicted molar refractivity (Wildman–Crippen MR) is 83.4 cm³/mol. The molecule has 1 aromatic carbocycles. The van der Waals surface area contributed by atoms with Gasteiger partial charge in [-0.05, 0) is 32.0 Å². The number of esters is 1. The summed E-state index contributed by atoms with van der Waals surface area (Å²) in [6.07, 6.45) is 0.677. The molecule has 1 atom stereocenters. The van der Waals surface area contributed by atoms with Crippen molar-refractivity contribution in [1.29, 1.82) is 0 Å². The van der Waals surface area contributed by atoms with Crippen LogP contribution in [0.5, 0.6) is 0 Å². The van der Waals surface area contributed by atoms with E-state index in [1.165, 1.54) is 11.8 Å². The number of hydrogen-bond donors (Lipinski definition) is 1. The third-order valence-electron chi connectivity index (χ3n) is 2.93. The maximum atomic E-state index is 11.8. The van der Waals surface area contributed by atoms with Crippen LogP contribution < -0.4 is 5.32 Å². The maximum Gasteiger partial charge on any atom is 0.323 e. The van der Waals surface area contributed by atoms with E-state index in [0.29, 0.717) is 18.3 Å². The van der Waals surface area contributed by atoms with Crippen molar-refractivity contribution in [2.24, 2.45) is 0 Å². The average Bonchev–Trinajstić information content (AvgIpc) is 2.89. The van der Waals surface area contributed by atoms with E-state index in [1.807, 2.05) is 38.1 Å². The van der Waals surface area contributed by atoms with Crippen LogP contribution in [0.4, 0.5) is 0 Å². The van der Waals surface area contributed by atoms with Gasteiger partial charge >= 0.3 is 5.97 Å². The van der Waals surface area contributed by atoms with Gasteiger partial charge in [0, 0.05) is 5.75 Å². The van der Waals surface area contributed by atoms with Gasteiger partial charge in [0.15, 0.2) is 5.58 Å². The number of likely N-dealkylation sites (N-methyl/N-ethyl adjacent to an activating group) is 1. The van der Waals surface area contributed by atoms with E-state index < -0.39 is 0 Å². The minimum atomic E-state index is -0.271. The second-order valence-corrected chi connectivity index (χ2v) is 5.49. The molecule has 0 aliphatic rings. The zero-order valence-corrected chi connectivity index (χ0v) is 13.1. The zero-order chi connectivity index (χ0) is 15.1. The van der Waals surface area contributed by atoms with Gasteiger partial charge in [0.1, 0.15) is 11.6 Å². The lowest BCUT2D eigenvalue weighted by molar-refractivity contribution is -0.145. The van der Waals surface area contributed by atoms with Crippen LogP contribution in [0, 0.1) is 0 Å². The van der Waals surface area contributed by atoms with Crippen molar-refractivity contribution in [2.45, 2.75) is 31.5 Å². The largest absolute Gasteiger partial charge is 0.465 e. The molecule has 0 aliphatic heterocycles. The zero-order valence-electron chi connectivity index (χ0n) is 12.3. The fraction of sp³-hybridized carbons (Fsp3) is 0.467. The molecule has 1 unspecified atom stereocenters. The number of carbonyl (C=O) groups is 1. The molecule has 0 bridgehead atoms. The molecule has 0 fully saturated rings. The summed E-state index contributed by atoms with van der Waals surface area (Å²) in [5.74, 6) is 0.543. The Hall–Kier alpha value is -1.53. The highest BCUT2D eigenvalue weighted by molar-refractivity contribution is 7.99. The molecular weight excluding hydrogens is 288 g/mol. The van der Waals surface area contributed by atoms with E-state index in [1.54, 1.807) is 0 Å². The van der Waals surface area contributed by atoms with Gasteiger partial charge in [-0.3, -0.25) is 4.79 Å². The number of oxazole rings is 1. The summed E-state index contributed by atoms with van der Waals surface area (Å²) < 4.78 is 10.7. The normalized spacial score (nSPS) is 12.5. The molecule has 0 spiro atoms. The molecular formula is C15H20N2O3S. The number of rotatable bonds is 8. The van der Waals surface area contributed by atoms with Crippen molar-refractivity contribution in [3.63, 3.8) is 0 Å². The lowest BCUT2D eigenvalue weighted by Gasteiger charge is -2.15. The first-order valence-electron chi connectivity index (χ1n) is 7.13. The number of nitrogens with zero attached hydrogens (tertiary/aromatic N) is 1. The van der Waals surface area contributed by atoms with Gasteiger partial charge < -0.3 is 14.5 Å². The Morgan fingerprint density at radius 2 is 2.24 bits per heavy atom. The summed E-state index contributed by atoms with van der Waals surface area (Å²) in [5, 5.41) is 3.78. The molecule has 0 amide bonds. The lowest BCUT2D eigenvalue weighted by atomic mass is 10.2. The quantitative estimate of drug-likeness (QED) is 0.597. The highest BCUT2D eigenvalue weighted by Gasteiger charge is 2.18. The summed E-state index contributed by atoms with van der Waals surface area (Å²) in [6.45, 7) is 4.92. The van der Waals surface area contributed by atoms with E-state index in [-0.39, 0.29) is 12.0 Å². The molecule has 1 aromatic heterocycles. The fourth-order valence-corrected chi connectivity index (χ4v) is 2.81. The number of fused-ring (bicyclic) bond motifs is 1. The number of benzene rings is 1. The Bertz CT molecular complexity index is 552. The lowest BCUT2D eigenvalue weighted by Crippen LogP contribution is -2.38. The molecule has 1 N–H and O–H groups in total. The van der Waals surface area contributed by atoms with Gasteiger partial charge in [-0.25, -0.2) is 4.98 Å². The SMILES string of the molecule is CCNC(CCSc1nc2ccccc2o1)C(=O)OCC.